The van der Waals surface area contributed by atoms with Gasteiger partial charge in [-0.3, -0.25) is 9.59 Å². The summed E-state index contributed by atoms with van der Waals surface area (Å²) in [6.45, 7) is 3.16. The normalized spacial score (nSPS) is 28.9. The highest BCUT2D eigenvalue weighted by molar-refractivity contribution is 6.02. The van der Waals surface area contributed by atoms with Crippen LogP contribution in [0.15, 0.2) is 24.3 Å². The number of carbonyl (C=O) groups is 2. The number of carbonyl (C=O) groups excluding carboxylic acids is 2. The average Bonchev–Trinajstić information content (AvgIpc) is 3.19. The average molecular weight is 370 g/mol. The minimum atomic E-state index is -0.866. The SMILES string of the molecule is CC1(C(=O)NC2CCCCC2)Cc2ccccc2C(=O)N1CC1CCCO1. The van der Waals surface area contributed by atoms with E-state index in [1.54, 1.807) is 4.90 Å². The van der Waals surface area contributed by atoms with Crippen molar-refractivity contribution in [3.63, 3.8) is 0 Å². The van der Waals surface area contributed by atoms with Crippen LogP contribution in [0.25, 0.3) is 0 Å². The molecule has 3 aliphatic rings. The fourth-order valence-electron chi connectivity index (χ4n) is 4.79. The summed E-state index contributed by atoms with van der Waals surface area (Å²) in [5.74, 6) is -0.0658. The minimum absolute atomic E-state index is 0.0183. The molecule has 4 rings (SSSR count). The minimum Gasteiger partial charge on any atom is -0.376 e. The van der Waals surface area contributed by atoms with Gasteiger partial charge in [0.05, 0.1) is 6.10 Å². The zero-order valence-electron chi connectivity index (χ0n) is 16.2. The Balaban J connectivity index is 1.61. The van der Waals surface area contributed by atoms with Crippen molar-refractivity contribution in [1.82, 2.24) is 10.2 Å². The highest BCUT2D eigenvalue weighted by Gasteiger charge is 2.48. The van der Waals surface area contributed by atoms with Crippen LogP contribution in [-0.4, -0.2) is 47.6 Å². The van der Waals surface area contributed by atoms with Gasteiger partial charge in [-0.05, 0) is 44.2 Å². The molecule has 0 radical (unpaired) electrons. The van der Waals surface area contributed by atoms with E-state index in [4.69, 9.17) is 4.74 Å². The van der Waals surface area contributed by atoms with Crippen LogP contribution in [0.1, 0.15) is 67.8 Å². The maximum absolute atomic E-state index is 13.4. The number of fused-ring (bicyclic) bond motifs is 1. The van der Waals surface area contributed by atoms with Crippen LogP contribution < -0.4 is 5.32 Å². The molecule has 0 bridgehead atoms. The van der Waals surface area contributed by atoms with Gasteiger partial charge in [0.1, 0.15) is 5.54 Å². The predicted octanol–water partition coefficient (Wildman–Crippen LogP) is 3.07. The molecule has 1 aromatic rings. The van der Waals surface area contributed by atoms with Crippen LogP contribution in [-0.2, 0) is 16.0 Å². The lowest BCUT2D eigenvalue weighted by atomic mass is 9.82. The summed E-state index contributed by atoms with van der Waals surface area (Å²) in [5, 5.41) is 3.26. The largest absolute Gasteiger partial charge is 0.376 e. The second-order valence-corrected chi connectivity index (χ2v) is 8.47. The third-order valence-electron chi connectivity index (χ3n) is 6.46. The summed E-state index contributed by atoms with van der Waals surface area (Å²) in [6, 6.07) is 7.93. The molecular weight excluding hydrogens is 340 g/mol. The molecule has 2 unspecified atom stereocenters. The predicted molar refractivity (Wildman–Crippen MR) is 104 cm³/mol. The summed E-state index contributed by atoms with van der Waals surface area (Å²) in [7, 11) is 0. The smallest absolute Gasteiger partial charge is 0.255 e. The third kappa shape index (κ3) is 3.62. The number of nitrogens with zero attached hydrogens (tertiary/aromatic N) is 1. The zero-order valence-corrected chi connectivity index (χ0v) is 16.2. The molecule has 27 heavy (non-hydrogen) atoms. The summed E-state index contributed by atoms with van der Waals surface area (Å²) in [4.78, 5) is 28.5. The quantitative estimate of drug-likeness (QED) is 0.886. The van der Waals surface area contributed by atoms with Crippen LogP contribution in [0.4, 0.5) is 0 Å². The fraction of sp³-hybridized carbons (Fsp3) is 0.636. The highest BCUT2D eigenvalue weighted by Crippen LogP contribution is 2.33. The van der Waals surface area contributed by atoms with E-state index >= 15 is 0 Å². The fourth-order valence-corrected chi connectivity index (χ4v) is 4.79. The molecular formula is C22H30N2O3. The number of hydrogen-bond acceptors (Lipinski definition) is 3. The number of hydrogen-bond donors (Lipinski definition) is 1. The molecule has 1 saturated carbocycles. The van der Waals surface area contributed by atoms with E-state index in [-0.39, 0.29) is 24.0 Å². The van der Waals surface area contributed by atoms with Gasteiger partial charge in [-0.25, -0.2) is 0 Å². The molecule has 146 valence electrons. The monoisotopic (exact) mass is 370 g/mol. The van der Waals surface area contributed by atoms with Crippen LogP contribution in [0.3, 0.4) is 0 Å². The Labute approximate surface area is 161 Å². The van der Waals surface area contributed by atoms with Gasteiger partial charge in [0.25, 0.3) is 5.91 Å². The molecule has 1 saturated heterocycles. The van der Waals surface area contributed by atoms with Crippen LogP contribution in [0, 0.1) is 0 Å². The van der Waals surface area contributed by atoms with Crippen molar-refractivity contribution in [3.8, 4) is 0 Å². The summed E-state index contributed by atoms with van der Waals surface area (Å²) in [5.41, 5.74) is 0.820. The standard InChI is InChI=1S/C22H30N2O3/c1-22(21(26)23-17-9-3-2-4-10-17)14-16-8-5-6-12-19(16)20(25)24(22)15-18-11-7-13-27-18/h5-6,8,12,17-18H,2-4,7,9-11,13-15H2,1H3,(H,23,26). The van der Waals surface area contributed by atoms with Crippen molar-refractivity contribution in [2.45, 2.75) is 76.0 Å². The van der Waals surface area contributed by atoms with Crippen LogP contribution in [0.5, 0.6) is 0 Å². The van der Waals surface area contributed by atoms with E-state index in [1.165, 1.54) is 19.3 Å². The van der Waals surface area contributed by atoms with Crippen LogP contribution in [0.2, 0.25) is 0 Å². The Kier molecular flexibility index (Phi) is 5.22. The van der Waals surface area contributed by atoms with Crippen molar-refractivity contribution in [1.29, 1.82) is 0 Å². The number of ether oxygens (including phenoxy) is 1. The lowest BCUT2D eigenvalue weighted by Gasteiger charge is -2.45. The van der Waals surface area contributed by atoms with E-state index in [0.29, 0.717) is 13.0 Å². The maximum Gasteiger partial charge on any atom is 0.255 e. The first-order chi connectivity index (χ1) is 13.1. The first-order valence-corrected chi connectivity index (χ1v) is 10.4. The van der Waals surface area contributed by atoms with Gasteiger partial charge in [-0.15, -0.1) is 0 Å². The van der Waals surface area contributed by atoms with Gasteiger partial charge in [-0.1, -0.05) is 37.5 Å². The van der Waals surface area contributed by atoms with E-state index in [1.807, 2.05) is 31.2 Å². The first kappa shape index (κ1) is 18.5. The second-order valence-electron chi connectivity index (χ2n) is 8.47. The Hall–Kier alpha value is -1.88. The van der Waals surface area contributed by atoms with E-state index in [9.17, 15) is 9.59 Å². The molecule has 2 heterocycles. The molecule has 0 aromatic heterocycles. The molecule has 1 aromatic carbocycles. The third-order valence-corrected chi connectivity index (χ3v) is 6.46. The topological polar surface area (TPSA) is 58.6 Å². The molecule has 2 aliphatic heterocycles. The maximum atomic E-state index is 13.4. The van der Waals surface area contributed by atoms with Gasteiger partial charge >= 0.3 is 0 Å². The van der Waals surface area contributed by atoms with Gasteiger partial charge in [-0.2, -0.15) is 0 Å². The van der Waals surface area contributed by atoms with Crippen molar-refractivity contribution >= 4 is 11.8 Å². The number of nitrogens with one attached hydrogen (secondary N) is 1. The van der Waals surface area contributed by atoms with Crippen LogP contribution >= 0.6 is 0 Å². The summed E-state index contributed by atoms with van der Waals surface area (Å²) >= 11 is 0. The molecule has 1 N–H and O–H groups in total. The second kappa shape index (κ2) is 7.63. The molecule has 1 aliphatic carbocycles. The molecule has 2 fully saturated rings. The van der Waals surface area contributed by atoms with Crippen molar-refractivity contribution in [2.24, 2.45) is 0 Å². The lowest BCUT2D eigenvalue weighted by molar-refractivity contribution is -0.133. The number of rotatable bonds is 4. The van der Waals surface area contributed by atoms with E-state index in [2.05, 4.69) is 5.32 Å². The van der Waals surface area contributed by atoms with Crippen molar-refractivity contribution < 1.29 is 14.3 Å². The van der Waals surface area contributed by atoms with E-state index < -0.39 is 5.54 Å². The molecule has 0 spiro atoms. The molecule has 5 heteroatoms. The zero-order chi connectivity index (χ0) is 18.9. The lowest BCUT2D eigenvalue weighted by Crippen LogP contribution is -2.64. The molecule has 2 atom stereocenters. The van der Waals surface area contributed by atoms with Gasteiger partial charge < -0.3 is 15.0 Å². The first-order valence-electron chi connectivity index (χ1n) is 10.4. The van der Waals surface area contributed by atoms with Gasteiger partial charge in [0.15, 0.2) is 0 Å². The van der Waals surface area contributed by atoms with Crippen molar-refractivity contribution in [2.75, 3.05) is 13.2 Å². The molecule has 2 amide bonds. The van der Waals surface area contributed by atoms with Gasteiger partial charge in [0.2, 0.25) is 5.91 Å². The van der Waals surface area contributed by atoms with Crippen molar-refractivity contribution in [3.05, 3.63) is 35.4 Å². The molecule has 5 nitrogen and oxygen atoms in total. The summed E-state index contributed by atoms with van der Waals surface area (Å²) < 4.78 is 5.79. The Morgan fingerprint density at radius 2 is 1.96 bits per heavy atom. The van der Waals surface area contributed by atoms with Gasteiger partial charge in [0, 0.05) is 31.2 Å². The number of benzene rings is 1. The number of amides is 2. The Bertz CT molecular complexity index is 707. The Morgan fingerprint density at radius 1 is 1.19 bits per heavy atom. The summed E-state index contributed by atoms with van der Waals surface area (Å²) in [6.07, 6.45) is 8.23. The van der Waals surface area contributed by atoms with E-state index in [0.717, 1.165) is 43.4 Å². The highest BCUT2D eigenvalue weighted by atomic mass is 16.5. The Morgan fingerprint density at radius 3 is 2.70 bits per heavy atom.